The Kier molecular flexibility index (Phi) is 4.67. The van der Waals surface area contributed by atoms with Crippen molar-refractivity contribution in [2.45, 2.75) is 31.6 Å². The average Bonchev–Trinajstić information content (AvgIpc) is 2.46. The van der Waals surface area contributed by atoms with Crippen molar-refractivity contribution in [3.63, 3.8) is 0 Å². The third-order valence-electron chi connectivity index (χ3n) is 3.98. The van der Waals surface area contributed by atoms with Gasteiger partial charge in [-0.05, 0) is 48.9 Å². The highest BCUT2D eigenvalue weighted by Crippen LogP contribution is 2.29. The first-order valence-corrected chi connectivity index (χ1v) is 8.43. The van der Waals surface area contributed by atoms with Gasteiger partial charge in [0.1, 0.15) is 0 Å². The van der Waals surface area contributed by atoms with Crippen LogP contribution in [-0.4, -0.2) is 28.2 Å². The summed E-state index contributed by atoms with van der Waals surface area (Å²) in [5.41, 5.74) is 0.979. The van der Waals surface area contributed by atoms with Crippen LogP contribution in [0.2, 0.25) is 0 Å². The number of ether oxygens (including phenoxy) is 1. The van der Waals surface area contributed by atoms with Crippen LogP contribution < -0.4 is 4.72 Å². The molecule has 1 aliphatic rings. The van der Waals surface area contributed by atoms with E-state index in [0.717, 1.165) is 12.8 Å². The summed E-state index contributed by atoms with van der Waals surface area (Å²) >= 11 is 0. The first kappa shape index (κ1) is 16.0. The zero-order valence-electron chi connectivity index (χ0n) is 12.3. The lowest BCUT2D eigenvalue weighted by Crippen LogP contribution is -2.39. The number of nitrogens with zero attached hydrogens (tertiary/aromatic N) is 1. The third-order valence-corrected chi connectivity index (χ3v) is 5.54. The van der Waals surface area contributed by atoms with Crippen LogP contribution in [0.25, 0.3) is 0 Å². The summed E-state index contributed by atoms with van der Waals surface area (Å²) in [7, 11) is -3.55. The van der Waals surface area contributed by atoms with E-state index in [1.807, 2.05) is 6.07 Å². The van der Waals surface area contributed by atoms with Crippen LogP contribution in [0.5, 0.6) is 0 Å². The monoisotopic (exact) mass is 308 g/mol. The molecule has 114 valence electrons. The fraction of sp³-hybridized carbons (Fsp3) is 0.533. The molecule has 1 aliphatic heterocycles. The molecule has 1 fully saturated rings. The van der Waals surface area contributed by atoms with Gasteiger partial charge in [0.25, 0.3) is 0 Å². The van der Waals surface area contributed by atoms with Gasteiger partial charge in [0.2, 0.25) is 10.0 Å². The minimum Gasteiger partial charge on any atom is -0.381 e. The van der Waals surface area contributed by atoms with E-state index < -0.39 is 10.0 Å². The van der Waals surface area contributed by atoms with Crippen molar-refractivity contribution in [1.29, 1.82) is 5.26 Å². The molecule has 5 nitrogen and oxygen atoms in total. The summed E-state index contributed by atoms with van der Waals surface area (Å²) in [6.45, 7) is 5.52. The molecule has 1 heterocycles. The predicted octanol–water partition coefficient (Wildman–Crippen LogP) is 1.96. The van der Waals surface area contributed by atoms with E-state index in [1.54, 1.807) is 13.0 Å². The molecule has 1 saturated heterocycles. The molecule has 2 rings (SSSR count). The molecule has 0 unspecified atom stereocenters. The van der Waals surface area contributed by atoms with Gasteiger partial charge in [0.15, 0.2) is 0 Å². The fourth-order valence-corrected chi connectivity index (χ4v) is 3.83. The van der Waals surface area contributed by atoms with Gasteiger partial charge in [-0.25, -0.2) is 13.1 Å². The Morgan fingerprint density at radius 1 is 1.38 bits per heavy atom. The second-order valence-electron chi connectivity index (χ2n) is 5.84. The number of rotatable bonds is 4. The molecule has 1 aromatic rings. The lowest BCUT2D eigenvalue weighted by Gasteiger charge is -2.33. The van der Waals surface area contributed by atoms with E-state index in [-0.39, 0.29) is 10.3 Å². The molecule has 0 amide bonds. The molecular weight excluding hydrogens is 288 g/mol. The highest BCUT2D eigenvalue weighted by atomic mass is 32.2. The summed E-state index contributed by atoms with van der Waals surface area (Å²) in [4.78, 5) is 0.233. The van der Waals surface area contributed by atoms with Crippen LogP contribution in [-0.2, 0) is 14.8 Å². The number of benzene rings is 1. The predicted molar refractivity (Wildman–Crippen MR) is 79.2 cm³/mol. The summed E-state index contributed by atoms with van der Waals surface area (Å²) in [5.74, 6) is 0. The standard InChI is InChI=1S/C15H20N2O3S/c1-12-9-13(10-16)3-4-14(12)21(18,19)17-11-15(2)5-7-20-8-6-15/h3-4,9,17H,5-8,11H2,1-2H3. The summed E-state index contributed by atoms with van der Waals surface area (Å²) in [6, 6.07) is 6.61. The Balaban J connectivity index is 2.13. The Morgan fingerprint density at radius 2 is 2.05 bits per heavy atom. The quantitative estimate of drug-likeness (QED) is 0.922. The molecule has 0 saturated carbocycles. The van der Waals surface area contributed by atoms with E-state index in [9.17, 15) is 8.42 Å². The fourth-order valence-electron chi connectivity index (χ4n) is 2.41. The van der Waals surface area contributed by atoms with Gasteiger partial charge in [-0.2, -0.15) is 5.26 Å². The van der Waals surface area contributed by atoms with E-state index in [1.165, 1.54) is 12.1 Å². The van der Waals surface area contributed by atoms with Crippen molar-refractivity contribution in [2.24, 2.45) is 5.41 Å². The minimum absolute atomic E-state index is 0.0637. The Labute approximate surface area is 126 Å². The van der Waals surface area contributed by atoms with Crippen molar-refractivity contribution in [1.82, 2.24) is 4.72 Å². The van der Waals surface area contributed by atoms with Gasteiger partial charge >= 0.3 is 0 Å². The molecular formula is C15H20N2O3S. The number of aryl methyl sites for hydroxylation is 1. The van der Waals surface area contributed by atoms with E-state index in [4.69, 9.17) is 10.00 Å². The van der Waals surface area contributed by atoms with E-state index in [2.05, 4.69) is 11.6 Å². The number of sulfonamides is 1. The maximum atomic E-state index is 12.4. The van der Waals surface area contributed by atoms with Crippen LogP contribution >= 0.6 is 0 Å². The van der Waals surface area contributed by atoms with Crippen LogP contribution in [0.4, 0.5) is 0 Å². The molecule has 0 atom stereocenters. The smallest absolute Gasteiger partial charge is 0.240 e. The number of nitriles is 1. The zero-order chi connectivity index (χ0) is 15.5. The molecule has 6 heteroatoms. The third kappa shape index (κ3) is 3.82. The molecule has 0 spiro atoms. The SMILES string of the molecule is Cc1cc(C#N)ccc1S(=O)(=O)NCC1(C)CCOCC1. The van der Waals surface area contributed by atoms with Crippen LogP contribution in [0, 0.1) is 23.7 Å². The highest BCUT2D eigenvalue weighted by Gasteiger charge is 2.29. The second-order valence-corrected chi connectivity index (χ2v) is 7.58. The average molecular weight is 308 g/mol. The van der Waals surface area contributed by atoms with Gasteiger partial charge in [-0.1, -0.05) is 6.92 Å². The molecule has 1 aromatic carbocycles. The topological polar surface area (TPSA) is 79.2 Å². The lowest BCUT2D eigenvalue weighted by molar-refractivity contribution is 0.0264. The Hall–Kier alpha value is -1.42. The van der Waals surface area contributed by atoms with Gasteiger partial charge < -0.3 is 4.74 Å². The maximum absolute atomic E-state index is 12.4. The van der Waals surface area contributed by atoms with Gasteiger partial charge in [-0.15, -0.1) is 0 Å². The second kappa shape index (κ2) is 6.14. The maximum Gasteiger partial charge on any atom is 0.240 e. The van der Waals surface area contributed by atoms with E-state index >= 15 is 0 Å². The van der Waals surface area contributed by atoms with E-state index in [0.29, 0.717) is 30.9 Å². The summed E-state index contributed by atoms with van der Waals surface area (Å²) in [5, 5.41) is 8.84. The lowest BCUT2D eigenvalue weighted by atomic mass is 9.83. The zero-order valence-corrected chi connectivity index (χ0v) is 13.2. The molecule has 1 N–H and O–H groups in total. The van der Waals surface area contributed by atoms with Crippen LogP contribution in [0.1, 0.15) is 30.9 Å². The van der Waals surface area contributed by atoms with Crippen LogP contribution in [0.3, 0.4) is 0 Å². The molecule has 0 bridgehead atoms. The summed E-state index contributed by atoms with van der Waals surface area (Å²) < 4.78 is 32.8. The van der Waals surface area contributed by atoms with Crippen molar-refractivity contribution in [3.8, 4) is 6.07 Å². The first-order valence-electron chi connectivity index (χ1n) is 6.94. The molecule has 0 aliphatic carbocycles. The number of nitrogens with one attached hydrogen (secondary N) is 1. The Bertz CT molecular complexity index is 656. The van der Waals surface area contributed by atoms with Crippen molar-refractivity contribution in [3.05, 3.63) is 29.3 Å². The number of hydrogen-bond donors (Lipinski definition) is 1. The molecule has 0 aromatic heterocycles. The Morgan fingerprint density at radius 3 is 2.62 bits per heavy atom. The largest absolute Gasteiger partial charge is 0.381 e. The summed E-state index contributed by atoms with van der Waals surface area (Å²) in [6.07, 6.45) is 1.70. The highest BCUT2D eigenvalue weighted by molar-refractivity contribution is 7.89. The van der Waals surface area contributed by atoms with Crippen molar-refractivity contribution >= 4 is 10.0 Å². The number of hydrogen-bond acceptors (Lipinski definition) is 4. The van der Waals surface area contributed by atoms with Gasteiger partial charge in [0.05, 0.1) is 16.5 Å². The van der Waals surface area contributed by atoms with Crippen molar-refractivity contribution in [2.75, 3.05) is 19.8 Å². The first-order chi connectivity index (χ1) is 9.86. The van der Waals surface area contributed by atoms with Crippen LogP contribution in [0.15, 0.2) is 23.1 Å². The van der Waals surface area contributed by atoms with Gasteiger partial charge in [0, 0.05) is 19.8 Å². The molecule has 21 heavy (non-hydrogen) atoms. The molecule has 0 radical (unpaired) electrons. The normalized spacial score (nSPS) is 18.1. The van der Waals surface area contributed by atoms with Gasteiger partial charge in [-0.3, -0.25) is 0 Å². The van der Waals surface area contributed by atoms with Crippen molar-refractivity contribution < 1.29 is 13.2 Å². The minimum atomic E-state index is -3.55.